The van der Waals surface area contributed by atoms with Crippen molar-refractivity contribution in [3.05, 3.63) is 63.9 Å². The SMILES string of the molecule is COC1=CCCC2=C1/C=C\[N+]([O-])=[N+](\[O-])c1ccc(OC)cc12. The van der Waals surface area contributed by atoms with Crippen molar-refractivity contribution in [3.8, 4) is 5.75 Å². The summed E-state index contributed by atoms with van der Waals surface area (Å²) in [7, 11) is 3.16. The maximum Gasteiger partial charge on any atom is 0.295 e. The van der Waals surface area contributed by atoms with Gasteiger partial charge in [-0.3, -0.25) is 0 Å². The van der Waals surface area contributed by atoms with E-state index in [1.165, 1.54) is 6.20 Å². The quantitative estimate of drug-likeness (QED) is 0.620. The zero-order valence-electron chi connectivity index (χ0n) is 12.4. The molecule has 0 saturated heterocycles. The molecule has 1 aromatic rings. The molecule has 22 heavy (non-hydrogen) atoms. The number of hydrogen-bond acceptors (Lipinski definition) is 4. The number of hydrogen-bond donors (Lipinski definition) is 0. The molecular weight excluding hydrogens is 284 g/mol. The van der Waals surface area contributed by atoms with Gasteiger partial charge in [-0.2, -0.15) is 0 Å². The van der Waals surface area contributed by atoms with E-state index in [1.54, 1.807) is 38.5 Å². The standard InChI is InChI=1S/C16H16N2O4/c1-21-11-6-7-15-14(10-11)12-4-3-5-16(22-2)13(12)8-9-17(19)18(15)20/h5-10H,3-4H2,1-2H3/b9-8-,13-8?,14-12?. The van der Waals surface area contributed by atoms with Gasteiger partial charge in [0.2, 0.25) is 0 Å². The van der Waals surface area contributed by atoms with Crippen LogP contribution >= 0.6 is 0 Å². The van der Waals surface area contributed by atoms with Gasteiger partial charge in [0.1, 0.15) is 11.5 Å². The fourth-order valence-electron chi connectivity index (χ4n) is 2.75. The number of allylic oxidation sites excluding steroid dienone is 3. The van der Waals surface area contributed by atoms with Gasteiger partial charge in [0, 0.05) is 17.7 Å². The largest absolute Gasteiger partial charge is 0.561 e. The van der Waals surface area contributed by atoms with Crippen LogP contribution in [0.4, 0.5) is 5.69 Å². The van der Waals surface area contributed by atoms with E-state index in [0.717, 1.165) is 24.0 Å². The Bertz CT molecular complexity index is 745. The Labute approximate surface area is 128 Å². The van der Waals surface area contributed by atoms with Gasteiger partial charge in [-0.1, -0.05) is 0 Å². The number of nitrogens with zero attached hydrogens (tertiary/aromatic N) is 2. The average molecular weight is 300 g/mol. The van der Waals surface area contributed by atoms with Crippen LogP contribution in [-0.4, -0.2) is 23.9 Å². The van der Waals surface area contributed by atoms with Gasteiger partial charge < -0.3 is 19.9 Å². The van der Waals surface area contributed by atoms with Gasteiger partial charge in [0.15, 0.2) is 0 Å². The fraction of sp³-hybridized carbons (Fsp3) is 0.250. The Kier molecular flexibility index (Phi) is 3.58. The van der Waals surface area contributed by atoms with Crippen LogP contribution in [0.25, 0.3) is 5.57 Å². The van der Waals surface area contributed by atoms with Gasteiger partial charge in [-0.25, -0.2) is 0 Å². The van der Waals surface area contributed by atoms with Crippen LogP contribution in [0.5, 0.6) is 5.75 Å². The molecule has 0 unspecified atom stereocenters. The van der Waals surface area contributed by atoms with E-state index in [-0.39, 0.29) is 4.86 Å². The number of rotatable bonds is 2. The Morgan fingerprint density at radius 3 is 2.68 bits per heavy atom. The minimum atomic E-state index is 0.261. The molecule has 6 heteroatoms. The maximum atomic E-state index is 12.2. The van der Waals surface area contributed by atoms with Gasteiger partial charge in [-0.15, -0.1) is 0 Å². The summed E-state index contributed by atoms with van der Waals surface area (Å²) in [5.41, 5.74) is 2.78. The van der Waals surface area contributed by atoms with Crippen molar-refractivity contribution < 1.29 is 19.2 Å². The van der Waals surface area contributed by atoms with E-state index in [4.69, 9.17) is 9.47 Å². The maximum absolute atomic E-state index is 12.2. The summed E-state index contributed by atoms with van der Waals surface area (Å²) in [6.07, 6.45) is 6.37. The normalized spacial score (nSPS) is 22.0. The highest BCUT2D eigenvalue weighted by Gasteiger charge is 2.27. The van der Waals surface area contributed by atoms with Crippen LogP contribution in [0.2, 0.25) is 0 Å². The predicted molar refractivity (Wildman–Crippen MR) is 80.3 cm³/mol. The van der Waals surface area contributed by atoms with Crippen LogP contribution in [0.15, 0.2) is 47.9 Å². The van der Waals surface area contributed by atoms with Crippen molar-refractivity contribution in [2.45, 2.75) is 12.8 Å². The summed E-state index contributed by atoms with van der Waals surface area (Å²) in [6.45, 7) is 0. The number of benzene rings is 1. The third-order valence-corrected chi connectivity index (χ3v) is 3.82. The molecule has 1 aliphatic heterocycles. The lowest BCUT2D eigenvalue weighted by Gasteiger charge is -2.20. The van der Waals surface area contributed by atoms with E-state index in [0.29, 0.717) is 27.6 Å². The van der Waals surface area contributed by atoms with Crippen molar-refractivity contribution in [2.24, 2.45) is 0 Å². The highest BCUT2D eigenvalue weighted by atomic mass is 16.6. The molecule has 0 atom stereocenters. The van der Waals surface area contributed by atoms with Crippen LogP contribution in [0.3, 0.4) is 0 Å². The van der Waals surface area contributed by atoms with Crippen molar-refractivity contribution in [3.63, 3.8) is 0 Å². The second kappa shape index (κ2) is 5.55. The molecule has 1 heterocycles. The van der Waals surface area contributed by atoms with Gasteiger partial charge >= 0.3 is 0 Å². The smallest absolute Gasteiger partial charge is 0.295 e. The molecule has 0 spiro atoms. The molecule has 1 aromatic carbocycles. The minimum absolute atomic E-state index is 0.261. The zero-order chi connectivity index (χ0) is 15.7. The van der Waals surface area contributed by atoms with E-state index in [2.05, 4.69) is 0 Å². The molecule has 1 aliphatic carbocycles. The van der Waals surface area contributed by atoms with Gasteiger partial charge in [0.25, 0.3) is 11.9 Å². The van der Waals surface area contributed by atoms with Crippen LogP contribution in [0, 0.1) is 10.4 Å². The third-order valence-electron chi connectivity index (χ3n) is 3.82. The molecule has 0 saturated carbocycles. The molecule has 114 valence electrons. The molecule has 3 rings (SSSR count). The summed E-state index contributed by atoms with van der Waals surface area (Å²) in [5.74, 6) is 1.34. The fourth-order valence-corrected chi connectivity index (χ4v) is 2.75. The minimum Gasteiger partial charge on any atom is -0.561 e. The molecule has 0 N–H and O–H groups in total. The van der Waals surface area contributed by atoms with Gasteiger partial charge in [-0.05, 0) is 36.6 Å². The van der Waals surface area contributed by atoms with Crippen molar-refractivity contribution in [2.75, 3.05) is 14.2 Å². The second-order valence-corrected chi connectivity index (χ2v) is 4.98. The van der Waals surface area contributed by atoms with E-state index < -0.39 is 0 Å². The zero-order valence-corrected chi connectivity index (χ0v) is 12.4. The van der Waals surface area contributed by atoms with Gasteiger partial charge in [0.05, 0.1) is 29.5 Å². The second-order valence-electron chi connectivity index (χ2n) is 4.98. The van der Waals surface area contributed by atoms with Crippen molar-refractivity contribution in [1.29, 1.82) is 0 Å². The lowest BCUT2D eigenvalue weighted by atomic mass is 9.89. The first-order valence-electron chi connectivity index (χ1n) is 6.93. The topological polar surface area (TPSA) is 70.6 Å². The summed E-state index contributed by atoms with van der Waals surface area (Å²) >= 11 is 0. The number of azo groups is 1. The molecule has 0 amide bonds. The van der Waals surface area contributed by atoms with E-state index >= 15 is 0 Å². The van der Waals surface area contributed by atoms with Crippen molar-refractivity contribution >= 4 is 11.3 Å². The molecule has 6 nitrogen and oxygen atoms in total. The predicted octanol–water partition coefficient (Wildman–Crippen LogP) is 3.40. The van der Waals surface area contributed by atoms with Crippen LogP contribution < -0.4 is 4.74 Å². The van der Waals surface area contributed by atoms with Crippen LogP contribution in [0.1, 0.15) is 18.4 Å². The lowest BCUT2D eigenvalue weighted by molar-refractivity contribution is -0.904. The Balaban J connectivity index is 2.31. The molecule has 0 radical (unpaired) electrons. The molecule has 0 fully saturated rings. The van der Waals surface area contributed by atoms with Crippen LogP contribution in [-0.2, 0) is 4.74 Å². The Morgan fingerprint density at radius 2 is 1.95 bits per heavy atom. The van der Waals surface area contributed by atoms with E-state index in [9.17, 15) is 10.4 Å². The number of hydroxylamine groups is 1. The van der Waals surface area contributed by atoms with Crippen molar-refractivity contribution in [1.82, 2.24) is 0 Å². The number of methoxy groups -OCH3 is 2. The number of ether oxygens (including phenoxy) is 2. The molecular formula is C16H16N2O4. The Morgan fingerprint density at radius 1 is 1.14 bits per heavy atom. The molecule has 0 bridgehead atoms. The first-order valence-corrected chi connectivity index (χ1v) is 6.93. The molecule has 2 aliphatic rings. The summed E-state index contributed by atoms with van der Waals surface area (Å²) < 4.78 is 10.6. The lowest BCUT2D eigenvalue weighted by Crippen LogP contribution is -2.13. The monoisotopic (exact) mass is 300 g/mol. The summed E-state index contributed by atoms with van der Waals surface area (Å²) in [4.78, 5) is 0.594. The average Bonchev–Trinajstić information content (AvgIpc) is 2.57. The Hall–Kier alpha value is -2.76. The first-order chi connectivity index (χ1) is 10.7. The van der Waals surface area contributed by atoms with E-state index in [1.807, 2.05) is 6.08 Å². The highest BCUT2D eigenvalue weighted by molar-refractivity contribution is 5.81. The molecule has 0 aromatic heterocycles. The highest BCUT2D eigenvalue weighted by Crippen LogP contribution is 2.40. The number of fused-ring (bicyclic) bond motifs is 2. The first kappa shape index (κ1) is 14.2. The summed E-state index contributed by atoms with van der Waals surface area (Å²) in [6, 6.07) is 5.04. The third kappa shape index (κ3) is 2.22. The summed E-state index contributed by atoms with van der Waals surface area (Å²) in [5, 5.41) is 24.1.